The first-order chi connectivity index (χ1) is 9.75. The second kappa shape index (κ2) is 7.44. The van der Waals surface area contributed by atoms with Crippen LogP contribution in [0.25, 0.3) is 0 Å². The molecule has 0 N–H and O–H groups in total. The molecule has 0 saturated carbocycles. The number of esters is 1. The van der Waals surface area contributed by atoms with E-state index in [9.17, 15) is 4.79 Å². The Balaban J connectivity index is 3.03. The lowest BCUT2D eigenvalue weighted by Gasteiger charge is -2.32. The molecular formula is C18H27BrO2. The van der Waals surface area contributed by atoms with Gasteiger partial charge in [-0.1, -0.05) is 59.6 Å². The molecule has 1 unspecified atom stereocenters. The van der Waals surface area contributed by atoms with Crippen LogP contribution in [-0.4, -0.2) is 18.4 Å². The summed E-state index contributed by atoms with van der Waals surface area (Å²) in [4.78, 5) is 12.4. The highest BCUT2D eigenvalue weighted by atomic mass is 79.9. The van der Waals surface area contributed by atoms with Gasteiger partial charge in [-0.3, -0.25) is 4.79 Å². The predicted molar refractivity (Wildman–Crippen MR) is 92.0 cm³/mol. The van der Waals surface area contributed by atoms with Crippen LogP contribution in [-0.2, 0) is 14.9 Å². The second-order valence-electron chi connectivity index (χ2n) is 6.80. The number of halogens is 1. The molecule has 0 radical (unpaired) electrons. The Bertz CT molecular complexity index is 482. The summed E-state index contributed by atoms with van der Waals surface area (Å²) in [6.45, 7) is 8.55. The molecule has 3 heteroatoms. The van der Waals surface area contributed by atoms with Crippen molar-refractivity contribution in [2.24, 2.45) is 5.41 Å². The van der Waals surface area contributed by atoms with E-state index >= 15 is 0 Å². The van der Waals surface area contributed by atoms with Crippen molar-refractivity contribution >= 4 is 21.9 Å². The van der Waals surface area contributed by atoms with Crippen LogP contribution in [0.1, 0.15) is 51.2 Å². The number of aryl methyl sites for hydroxylation is 1. The summed E-state index contributed by atoms with van der Waals surface area (Å²) in [6.07, 6.45) is 2.87. The molecule has 1 rings (SSSR count). The lowest BCUT2D eigenvalue weighted by Crippen LogP contribution is -2.35. The zero-order valence-corrected chi connectivity index (χ0v) is 15.4. The summed E-state index contributed by atoms with van der Waals surface area (Å²) < 4.78 is 5.09. The Hall–Kier alpha value is -0.830. The maximum atomic E-state index is 12.4. The highest BCUT2D eigenvalue weighted by Gasteiger charge is 2.37. The van der Waals surface area contributed by atoms with E-state index in [0.717, 1.165) is 30.2 Å². The van der Waals surface area contributed by atoms with Gasteiger partial charge in [-0.2, -0.15) is 0 Å². The van der Waals surface area contributed by atoms with Crippen molar-refractivity contribution in [2.75, 3.05) is 12.4 Å². The smallest absolute Gasteiger partial charge is 0.315 e. The van der Waals surface area contributed by atoms with Gasteiger partial charge in [0, 0.05) is 5.33 Å². The average molecular weight is 355 g/mol. The molecule has 0 spiro atoms. The molecule has 0 aromatic heterocycles. The lowest BCUT2D eigenvalue weighted by molar-refractivity contribution is -0.147. The molecule has 0 saturated heterocycles. The van der Waals surface area contributed by atoms with E-state index < -0.39 is 5.41 Å². The van der Waals surface area contributed by atoms with Crippen LogP contribution in [0, 0.1) is 12.3 Å². The van der Waals surface area contributed by atoms with Crippen molar-refractivity contribution in [2.45, 2.75) is 52.4 Å². The van der Waals surface area contributed by atoms with E-state index in [1.165, 1.54) is 12.7 Å². The highest BCUT2D eigenvalue weighted by molar-refractivity contribution is 9.09. The maximum Gasteiger partial charge on any atom is 0.315 e. The molecule has 1 aromatic carbocycles. The van der Waals surface area contributed by atoms with Crippen LogP contribution >= 0.6 is 15.9 Å². The van der Waals surface area contributed by atoms with Crippen molar-refractivity contribution in [3.8, 4) is 0 Å². The second-order valence-corrected chi connectivity index (χ2v) is 7.59. The minimum absolute atomic E-state index is 0.150. The highest BCUT2D eigenvalue weighted by Crippen LogP contribution is 2.37. The molecule has 0 fully saturated rings. The van der Waals surface area contributed by atoms with Crippen molar-refractivity contribution < 1.29 is 9.53 Å². The van der Waals surface area contributed by atoms with E-state index in [-0.39, 0.29) is 11.4 Å². The number of hydrogen-bond donors (Lipinski definition) is 0. The molecule has 0 aliphatic rings. The van der Waals surface area contributed by atoms with E-state index in [4.69, 9.17) is 4.74 Å². The maximum absolute atomic E-state index is 12.4. The molecule has 0 heterocycles. The van der Waals surface area contributed by atoms with Crippen LogP contribution in [0.5, 0.6) is 0 Å². The molecule has 0 aliphatic carbocycles. The number of hydrogen-bond acceptors (Lipinski definition) is 2. The first kappa shape index (κ1) is 18.2. The van der Waals surface area contributed by atoms with Gasteiger partial charge in [0.1, 0.15) is 0 Å². The van der Waals surface area contributed by atoms with Crippen LogP contribution in [0.2, 0.25) is 0 Å². The summed E-state index contributed by atoms with van der Waals surface area (Å²) in [6, 6.07) is 8.18. The van der Waals surface area contributed by atoms with Crippen molar-refractivity contribution in [3.05, 3.63) is 35.4 Å². The van der Waals surface area contributed by atoms with Gasteiger partial charge in [-0.05, 0) is 44.1 Å². The third-order valence-electron chi connectivity index (χ3n) is 4.36. The minimum Gasteiger partial charge on any atom is -0.468 e. The molecule has 0 aliphatic heterocycles. The van der Waals surface area contributed by atoms with Gasteiger partial charge in [0.15, 0.2) is 0 Å². The third kappa shape index (κ3) is 4.84. The average Bonchev–Trinajstić information content (AvgIpc) is 2.44. The van der Waals surface area contributed by atoms with Gasteiger partial charge in [0.2, 0.25) is 0 Å². The number of rotatable bonds is 7. The quantitative estimate of drug-likeness (QED) is 0.507. The minimum atomic E-state index is -0.579. The van der Waals surface area contributed by atoms with Gasteiger partial charge < -0.3 is 4.74 Å². The van der Waals surface area contributed by atoms with Gasteiger partial charge in [-0.25, -0.2) is 0 Å². The fourth-order valence-corrected chi connectivity index (χ4v) is 3.62. The number of ether oxygens (including phenoxy) is 1. The monoisotopic (exact) mass is 354 g/mol. The van der Waals surface area contributed by atoms with Gasteiger partial charge in [0.25, 0.3) is 0 Å². The molecule has 118 valence electrons. The number of methoxy groups -OCH3 is 1. The Morgan fingerprint density at radius 2 is 1.86 bits per heavy atom. The number of carbonyl (C=O) groups excluding carboxylic acids is 1. The molecule has 1 aromatic rings. The first-order valence-electron chi connectivity index (χ1n) is 7.47. The van der Waals surface area contributed by atoms with E-state index in [2.05, 4.69) is 48.8 Å². The molecule has 21 heavy (non-hydrogen) atoms. The van der Waals surface area contributed by atoms with Crippen LogP contribution in [0.3, 0.4) is 0 Å². The summed E-state index contributed by atoms with van der Waals surface area (Å²) in [7, 11) is 1.47. The van der Waals surface area contributed by atoms with Crippen molar-refractivity contribution in [1.82, 2.24) is 0 Å². The topological polar surface area (TPSA) is 26.3 Å². The summed E-state index contributed by atoms with van der Waals surface area (Å²) in [5.41, 5.74) is 1.85. The summed E-state index contributed by atoms with van der Waals surface area (Å²) in [5, 5.41) is 0.985. The number of benzene rings is 1. The SMILES string of the molecule is COC(=O)C(C)(CCC(C)(C)CCBr)c1cccc(C)c1. The van der Waals surface area contributed by atoms with Crippen LogP contribution < -0.4 is 0 Å². The van der Waals surface area contributed by atoms with E-state index in [0.29, 0.717) is 0 Å². The summed E-state index contributed by atoms with van der Waals surface area (Å²) in [5.74, 6) is -0.150. The first-order valence-corrected chi connectivity index (χ1v) is 8.59. The fraction of sp³-hybridized carbons (Fsp3) is 0.611. The molecule has 1 atom stereocenters. The van der Waals surface area contributed by atoms with Gasteiger partial charge >= 0.3 is 5.97 Å². The molecule has 2 nitrogen and oxygen atoms in total. The Labute approximate surface area is 137 Å². The Morgan fingerprint density at radius 3 is 2.38 bits per heavy atom. The lowest BCUT2D eigenvalue weighted by atomic mass is 9.73. The van der Waals surface area contributed by atoms with Crippen molar-refractivity contribution in [3.63, 3.8) is 0 Å². The summed E-state index contributed by atoms with van der Waals surface area (Å²) >= 11 is 3.51. The largest absolute Gasteiger partial charge is 0.468 e. The molecular weight excluding hydrogens is 328 g/mol. The normalized spacial score (nSPS) is 14.6. The Morgan fingerprint density at radius 1 is 1.19 bits per heavy atom. The van der Waals surface area contributed by atoms with Gasteiger partial charge in [-0.15, -0.1) is 0 Å². The zero-order chi connectivity index (χ0) is 16.1. The van der Waals surface area contributed by atoms with Gasteiger partial charge in [0.05, 0.1) is 12.5 Å². The Kier molecular flexibility index (Phi) is 6.45. The number of alkyl halides is 1. The number of carbonyl (C=O) groups is 1. The zero-order valence-electron chi connectivity index (χ0n) is 13.8. The molecule has 0 bridgehead atoms. The van der Waals surface area contributed by atoms with E-state index in [1.807, 2.05) is 19.1 Å². The van der Waals surface area contributed by atoms with Crippen molar-refractivity contribution in [1.29, 1.82) is 0 Å². The molecule has 0 amide bonds. The van der Waals surface area contributed by atoms with Crippen LogP contribution in [0.15, 0.2) is 24.3 Å². The van der Waals surface area contributed by atoms with Crippen LogP contribution in [0.4, 0.5) is 0 Å². The van der Waals surface area contributed by atoms with E-state index in [1.54, 1.807) is 0 Å². The third-order valence-corrected chi connectivity index (χ3v) is 4.76. The fourth-order valence-electron chi connectivity index (χ4n) is 2.55. The standard InChI is InChI=1S/C18H27BrO2/c1-14-7-6-8-15(13-14)18(4,16(20)21-5)10-9-17(2,3)11-12-19/h6-8,13H,9-12H2,1-5H3. The predicted octanol–water partition coefficient (Wildman–Crippen LogP) is 5.02.